The maximum absolute atomic E-state index is 12.2. The maximum Gasteiger partial charge on any atom is 0.430 e. The summed E-state index contributed by atoms with van der Waals surface area (Å²) < 4.78 is 42.0. The molecule has 15 heteroatoms. The van der Waals surface area contributed by atoms with Gasteiger partial charge in [-0.2, -0.15) is 0 Å². The lowest BCUT2D eigenvalue weighted by Gasteiger charge is -2.28. The Hall–Kier alpha value is -1.64. The fourth-order valence-electron chi connectivity index (χ4n) is 1.98. The van der Waals surface area contributed by atoms with Crippen LogP contribution in [0.5, 0.6) is 0 Å². The first kappa shape index (κ1) is 20.7. The van der Waals surface area contributed by atoms with Crippen LogP contribution in [-0.2, 0) is 32.0 Å². The van der Waals surface area contributed by atoms with Crippen molar-refractivity contribution in [3.05, 3.63) is 41.7 Å². The van der Waals surface area contributed by atoms with Gasteiger partial charge in [-0.05, 0) is 19.1 Å². The highest BCUT2D eigenvalue weighted by Crippen LogP contribution is 2.38. The van der Waals surface area contributed by atoms with E-state index in [0.29, 0.717) is 0 Å². The molecule has 0 spiro atoms. The molecule has 26 heavy (non-hydrogen) atoms. The van der Waals surface area contributed by atoms with Gasteiger partial charge in [0.2, 0.25) is 10.0 Å². The first-order valence-corrected chi connectivity index (χ1v) is 10.2. The lowest BCUT2D eigenvalue weighted by Crippen LogP contribution is -2.43. The standard InChI is InChI=1S/C11H17BN4O8PS/c1-9-2-4-11(5-3-9)26(22,23)13-6-10-7-16(15-14-10)8-12(17,18)24-25(19,20)21/h2-5,7,13,17-18H,6,8H2,1H3,(H2,19,20,21)/q-1. The van der Waals surface area contributed by atoms with Crippen LogP contribution in [-0.4, -0.2) is 50.0 Å². The number of hydrogen-bond acceptors (Lipinski definition) is 8. The smallest absolute Gasteiger partial charge is 0.430 e. The van der Waals surface area contributed by atoms with Gasteiger partial charge < -0.3 is 24.3 Å². The summed E-state index contributed by atoms with van der Waals surface area (Å²) in [6, 6.07) is 6.19. The average Bonchev–Trinajstić information content (AvgIpc) is 2.90. The highest BCUT2D eigenvalue weighted by molar-refractivity contribution is 7.89. The molecule has 0 aliphatic rings. The first-order valence-electron chi connectivity index (χ1n) is 7.18. The van der Waals surface area contributed by atoms with Crippen LogP contribution >= 0.6 is 7.82 Å². The molecule has 0 aliphatic heterocycles. The van der Waals surface area contributed by atoms with E-state index in [2.05, 4.69) is 19.5 Å². The third-order valence-corrected chi connectivity index (χ3v) is 5.12. The van der Waals surface area contributed by atoms with Crippen molar-refractivity contribution in [2.45, 2.75) is 24.8 Å². The van der Waals surface area contributed by atoms with E-state index in [1.54, 1.807) is 12.1 Å². The predicted octanol–water partition coefficient (Wildman–Crippen LogP) is -1.36. The van der Waals surface area contributed by atoms with Crippen molar-refractivity contribution in [2.24, 2.45) is 0 Å². The number of nitrogens with one attached hydrogen (secondary N) is 1. The van der Waals surface area contributed by atoms with Gasteiger partial charge in [0.15, 0.2) is 0 Å². The first-order chi connectivity index (χ1) is 11.9. The highest BCUT2D eigenvalue weighted by Gasteiger charge is 2.30. The summed E-state index contributed by atoms with van der Waals surface area (Å²) in [4.78, 5) is 17.3. The minimum Gasteiger partial charge on any atom is -0.558 e. The van der Waals surface area contributed by atoms with Crippen LogP contribution in [0.3, 0.4) is 0 Å². The molecule has 0 atom stereocenters. The van der Waals surface area contributed by atoms with Crippen LogP contribution in [0.4, 0.5) is 0 Å². The molecular weight excluding hydrogens is 390 g/mol. The van der Waals surface area contributed by atoms with Crippen LogP contribution in [0.25, 0.3) is 0 Å². The molecule has 1 heterocycles. The van der Waals surface area contributed by atoms with Gasteiger partial charge in [-0.1, -0.05) is 22.9 Å². The van der Waals surface area contributed by atoms with E-state index >= 15 is 0 Å². The van der Waals surface area contributed by atoms with Crippen LogP contribution in [0.1, 0.15) is 11.3 Å². The summed E-state index contributed by atoms with van der Waals surface area (Å²) in [5, 5.41) is 26.0. The summed E-state index contributed by atoms with van der Waals surface area (Å²) in [5.41, 5.74) is 1.05. The number of benzene rings is 1. The highest BCUT2D eigenvalue weighted by atomic mass is 32.2. The van der Waals surface area contributed by atoms with E-state index in [1.807, 2.05) is 6.92 Å². The molecule has 0 unspecified atom stereocenters. The Morgan fingerprint density at radius 1 is 1.27 bits per heavy atom. The van der Waals surface area contributed by atoms with Gasteiger partial charge in [0.1, 0.15) is 0 Å². The number of phosphoric acid groups is 1. The lowest BCUT2D eigenvalue weighted by molar-refractivity contribution is 0.180. The van der Waals surface area contributed by atoms with Crippen LogP contribution in [0, 0.1) is 6.92 Å². The van der Waals surface area contributed by atoms with Crippen molar-refractivity contribution >= 4 is 24.6 Å². The van der Waals surface area contributed by atoms with E-state index in [0.717, 1.165) is 10.2 Å². The second kappa shape index (κ2) is 7.54. The molecule has 0 saturated carbocycles. The third-order valence-electron chi connectivity index (χ3n) is 3.09. The predicted molar refractivity (Wildman–Crippen MR) is 88.5 cm³/mol. The summed E-state index contributed by atoms with van der Waals surface area (Å²) >= 11 is 0. The van der Waals surface area contributed by atoms with E-state index in [9.17, 15) is 23.0 Å². The average molecular weight is 407 g/mol. The fourth-order valence-corrected chi connectivity index (χ4v) is 3.48. The third kappa shape index (κ3) is 6.27. The fraction of sp³-hybridized carbons (Fsp3) is 0.273. The summed E-state index contributed by atoms with van der Waals surface area (Å²) in [7, 11) is -8.89. The van der Waals surface area contributed by atoms with Crippen molar-refractivity contribution in [3.8, 4) is 0 Å². The van der Waals surface area contributed by atoms with E-state index < -0.39 is 31.0 Å². The SMILES string of the molecule is Cc1ccc(S(=O)(=O)NCc2cn(C[B-](O)(O)OP(=O)(O)O)nn2)cc1. The molecule has 0 amide bonds. The lowest BCUT2D eigenvalue weighted by atomic mass is 9.81. The molecule has 12 nitrogen and oxygen atoms in total. The molecular formula is C11H17BN4O8PS-. The maximum atomic E-state index is 12.2. The monoisotopic (exact) mass is 407 g/mol. The van der Waals surface area contributed by atoms with Crippen molar-refractivity contribution in [2.75, 3.05) is 0 Å². The van der Waals surface area contributed by atoms with Crippen molar-refractivity contribution in [1.82, 2.24) is 19.7 Å². The number of aromatic nitrogens is 3. The van der Waals surface area contributed by atoms with Gasteiger partial charge in [0, 0.05) is 12.6 Å². The summed E-state index contributed by atoms with van der Waals surface area (Å²) in [6.45, 7) is -2.29. The molecule has 5 N–H and O–H groups in total. The molecule has 1 aromatic carbocycles. The van der Waals surface area contributed by atoms with Gasteiger partial charge in [-0.3, -0.25) is 4.68 Å². The number of hydrogen-bond donors (Lipinski definition) is 5. The van der Waals surface area contributed by atoms with E-state index in [4.69, 9.17) is 9.79 Å². The minimum absolute atomic E-state index is 0.0682. The van der Waals surface area contributed by atoms with Crippen molar-refractivity contribution in [3.63, 3.8) is 0 Å². The quantitative estimate of drug-likeness (QED) is 0.259. The normalized spacial score (nSPS) is 13.1. The zero-order valence-corrected chi connectivity index (χ0v) is 15.2. The van der Waals surface area contributed by atoms with Crippen molar-refractivity contribution in [1.29, 1.82) is 0 Å². The molecule has 0 saturated heterocycles. The molecule has 1 aromatic heterocycles. The molecule has 2 aromatic rings. The van der Waals surface area contributed by atoms with Gasteiger partial charge in [0.25, 0.3) is 0 Å². The number of rotatable bonds is 8. The second-order valence-corrected chi connectivity index (χ2v) is 8.48. The number of sulfonamides is 1. The molecule has 2 rings (SSSR count). The van der Waals surface area contributed by atoms with Crippen LogP contribution < -0.4 is 4.72 Å². The summed E-state index contributed by atoms with van der Waals surface area (Å²) in [5.74, 6) is 0. The number of nitrogens with zero attached hydrogens (tertiary/aromatic N) is 3. The zero-order chi connectivity index (χ0) is 19.6. The Kier molecular flexibility index (Phi) is 6.00. The Balaban J connectivity index is 2.00. The Morgan fingerprint density at radius 2 is 1.88 bits per heavy atom. The van der Waals surface area contributed by atoms with Gasteiger partial charge >= 0.3 is 14.6 Å². The van der Waals surface area contributed by atoms with Crippen LogP contribution in [0.15, 0.2) is 35.4 Å². The minimum atomic E-state index is -5.12. The second-order valence-electron chi connectivity index (χ2n) is 5.52. The van der Waals surface area contributed by atoms with E-state index in [-0.39, 0.29) is 17.1 Å². The van der Waals surface area contributed by atoms with Crippen LogP contribution in [0.2, 0.25) is 0 Å². The van der Waals surface area contributed by atoms with Gasteiger partial charge in [-0.25, -0.2) is 17.7 Å². The Morgan fingerprint density at radius 3 is 2.46 bits per heavy atom. The topological polar surface area (TPSA) is 184 Å². The van der Waals surface area contributed by atoms with Gasteiger partial charge in [-0.15, -0.1) is 5.10 Å². The largest absolute Gasteiger partial charge is 0.558 e. The zero-order valence-electron chi connectivity index (χ0n) is 13.5. The molecule has 0 radical (unpaired) electrons. The Bertz CT molecular complexity index is 911. The molecule has 0 fully saturated rings. The van der Waals surface area contributed by atoms with E-state index in [1.165, 1.54) is 18.3 Å². The van der Waals surface area contributed by atoms with Crippen molar-refractivity contribution < 1.29 is 37.3 Å². The molecule has 0 aliphatic carbocycles. The Labute approximate surface area is 148 Å². The molecule has 0 bridgehead atoms. The van der Waals surface area contributed by atoms with Gasteiger partial charge in [0.05, 0.1) is 17.1 Å². The summed E-state index contributed by atoms with van der Waals surface area (Å²) in [6.07, 6.45) is 0.368. The molecule has 144 valence electrons. The number of aryl methyl sites for hydroxylation is 1.